The lowest BCUT2D eigenvalue weighted by Crippen LogP contribution is -2.16. The average molecular weight is 342 g/mol. The Hall–Kier alpha value is -1.83. The molecule has 22 heavy (non-hydrogen) atoms. The molecule has 2 heterocycles. The SMILES string of the molecule is Cl.NCCc1nc(C(=O)Nc2ccc3c(c2)OCCO3)cs1. The standard InChI is InChI=1S/C14H15N3O3S.ClH/c15-4-3-13-17-10(8-21-13)14(18)16-9-1-2-11-12(7-9)20-6-5-19-11;/h1-2,7-8H,3-6,15H2,(H,16,18);1H. The van der Waals surface area contributed by atoms with E-state index in [0.717, 1.165) is 5.01 Å². The molecular formula is C14H16ClN3O3S. The van der Waals surface area contributed by atoms with E-state index >= 15 is 0 Å². The first-order valence-electron chi connectivity index (χ1n) is 6.62. The number of benzene rings is 1. The number of hydrogen-bond donors (Lipinski definition) is 2. The molecule has 118 valence electrons. The van der Waals surface area contributed by atoms with E-state index in [4.69, 9.17) is 15.2 Å². The van der Waals surface area contributed by atoms with E-state index < -0.39 is 0 Å². The minimum Gasteiger partial charge on any atom is -0.486 e. The third kappa shape index (κ3) is 3.68. The van der Waals surface area contributed by atoms with E-state index in [1.807, 2.05) is 0 Å². The maximum atomic E-state index is 12.1. The first kappa shape index (κ1) is 16.5. The maximum Gasteiger partial charge on any atom is 0.275 e. The number of nitrogens with one attached hydrogen (secondary N) is 1. The number of amides is 1. The van der Waals surface area contributed by atoms with Gasteiger partial charge in [-0.3, -0.25) is 4.79 Å². The summed E-state index contributed by atoms with van der Waals surface area (Å²) in [5.41, 5.74) is 6.53. The number of nitrogens with two attached hydrogens (primary N) is 1. The van der Waals surface area contributed by atoms with Gasteiger partial charge in [0.1, 0.15) is 18.9 Å². The number of rotatable bonds is 4. The van der Waals surface area contributed by atoms with Crippen molar-refractivity contribution < 1.29 is 14.3 Å². The Kier molecular flexibility index (Phi) is 5.59. The minimum atomic E-state index is -0.244. The van der Waals surface area contributed by atoms with E-state index in [2.05, 4.69) is 10.3 Å². The summed E-state index contributed by atoms with van der Waals surface area (Å²) >= 11 is 1.44. The zero-order valence-corrected chi connectivity index (χ0v) is 13.3. The molecule has 2 aromatic rings. The number of carbonyl (C=O) groups is 1. The van der Waals surface area contributed by atoms with Gasteiger partial charge >= 0.3 is 0 Å². The lowest BCUT2D eigenvalue weighted by atomic mass is 10.2. The van der Waals surface area contributed by atoms with Crippen molar-refractivity contribution in [3.63, 3.8) is 0 Å². The fourth-order valence-electron chi connectivity index (χ4n) is 1.97. The number of thiazole rings is 1. The van der Waals surface area contributed by atoms with Crippen LogP contribution in [-0.2, 0) is 6.42 Å². The molecule has 0 bridgehead atoms. The third-order valence-electron chi connectivity index (χ3n) is 2.94. The molecule has 0 atom stereocenters. The number of aromatic nitrogens is 1. The van der Waals surface area contributed by atoms with Gasteiger partial charge in [-0.1, -0.05) is 0 Å². The van der Waals surface area contributed by atoms with E-state index in [-0.39, 0.29) is 18.3 Å². The predicted octanol–water partition coefficient (Wildman–Crippen LogP) is 2.09. The number of anilines is 1. The average Bonchev–Trinajstić information content (AvgIpc) is 2.96. The van der Waals surface area contributed by atoms with E-state index in [0.29, 0.717) is 49.1 Å². The van der Waals surface area contributed by atoms with Gasteiger partial charge in [0.15, 0.2) is 11.5 Å². The Morgan fingerprint density at radius 3 is 2.86 bits per heavy atom. The fourth-order valence-corrected chi connectivity index (χ4v) is 2.76. The number of nitrogens with zero attached hydrogens (tertiary/aromatic N) is 1. The van der Waals surface area contributed by atoms with Crippen molar-refractivity contribution >= 4 is 35.3 Å². The van der Waals surface area contributed by atoms with Crippen LogP contribution in [0.3, 0.4) is 0 Å². The summed E-state index contributed by atoms with van der Waals surface area (Å²) in [6, 6.07) is 5.31. The van der Waals surface area contributed by atoms with Crippen LogP contribution in [0.1, 0.15) is 15.5 Å². The van der Waals surface area contributed by atoms with Crippen LogP contribution >= 0.6 is 23.7 Å². The molecule has 0 saturated heterocycles. The van der Waals surface area contributed by atoms with Crippen LogP contribution in [0.15, 0.2) is 23.6 Å². The van der Waals surface area contributed by atoms with Gasteiger partial charge in [-0.05, 0) is 18.7 Å². The van der Waals surface area contributed by atoms with Gasteiger partial charge in [0, 0.05) is 23.6 Å². The first-order valence-corrected chi connectivity index (χ1v) is 7.49. The second-order valence-corrected chi connectivity index (χ2v) is 5.42. The number of carbonyl (C=O) groups excluding carboxylic acids is 1. The van der Waals surface area contributed by atoms with Crippen LogP contribution in [0.4, 0.5) is 5.69 Å². The monoisotopic (exact) mass is 341 g/mol. The molecule has 0 aliphatic carbocycles. The maximum absolute atomic E-state index is 12.1. The van der Waals surface area contributed by atoms with Gasteiger partial charge in [0.2, 0.25) is 0 Å². The molecule has 0 fully saturated rings. The van der Waals surface area contributed by atoms with E-state index in [9.17, 15) is 4.79 Å². The topological polar surface area (TPSA) is 86.5 Å². The van der Waals surface area contributed by atoms with E-state index in [1.54, 1.807) is 23.6 Å². The zero-order chi connectivity index (χ0) is 14.7. The molecule has 3 rings (SSSR count). The van der Waals surface area contributed by atoms with Crippen LogP contribution in [0.2, 0.25) is 0 Å². The van der Waals surface area contributed by atoms with Crippen molar-refractivity contribution in [2.75, 3.05) is 25.1 Å². The van der Waals surface area contributed by atoms with Crippen LogP contribution < -0.4 is 20.5 Å². The van der Waals surface area contributed by atoms with Crippen molar-refractivity contribution in [2.24, 2.45) is 5.73 Å². The molecule has 0 radical (unpaired) electrons. The molecule has 0 unspecified atom stereocenters. The zero-order valence-electron chi connectivity index (χ0n) is 11.7. The van der Waals surface area contributed by atoms with Crippen molar-refractivity contribution in [2.45, 2.75) is 6.42 Å². The third-order valence-corrected chi connectivity index (χ3v) is 3.85. The molecule has 1 aliphatic rings. The Balaban J connectivity index is 0.00000176. The number of hydrogen-bond acceptors (Lipinski definition) is 6. The number of fused-ring (bicyclic) bond motifs is 1. The van der Waals surface area contributed by atoms with Gasteiger partial charge in [-0.25, -0.2) is 4.98 Å². The summed E-state index contributed by atoms with van der Waals surface area (Å²) in [6.45, 7) is 1.58. The lowest BCUT2D eigenvalue weighted by molar-refractivity contribution is 0.102. The number of ether oxygens (including phenoxy) is 2. The molecular weight excluding hydrogens is 326 g/mol. The highest BCUT2D eigenvalue weighted by Gasteiger charge is 2.14. The Morgan fingerprint density at radius 1 is 1.32 bits per heavy atom. The van der Waals surface area contributed by atoms with Crippen LogP contribution in [0.5, 0.6) is 11.5 Å². The van der Waals surface area contributed by atoms with Gasteiger partial charge in [0.05, 0.1) is 5.01 Å². The molecule has 1 aromatic carbocycles. The highest BCUT2D eigenvalue weighted by Crippen LogP contribution is 2.32. The fraction of sp³-hybridized carbons (Fsp3) is 0.286. The Morgan fingerprint density at radius 2 is 2.09 bits per heavy atom. The molecule has 1 amide bonds. The van der Waals surface area contributed by atoms with Crippen LogP contribution in [0, 0.1) is 0 Å². The molecule has 1 aliphatic heterocycles. The lowest BCUT2D eigenvalue weighted by Gasteiger charge is -2.18. The molecule has 0 saturated carbocycles. The highest BCUT2D eigenvalue weighted by molar-refractivity contribution is 7.09. The molecule has 8 heteroatoms. The van der Waals surface area contributed by atoms with Gasteiger partial charge < -0.3 is 20.5 Å². The summed E-state index contributed by atoms with van der Waals surface area (Å²) in [5.74, 6) is 1.09. The van der Waals surface area contributed by atoms with Crippen molar-refractivity contribution in [3.05, 3.63) is 34.3 Å². The number of halogens is 1. The molecule has 1 aromatic heterocycles. The summed E-state index contributed by atoms with van der Waals surface area (Å²) in [6.07, 6.45) is 0.683. The summed E-state index contributed by atoms with van der Waals surface area (Å²) in [7, 11) is 0. The van der Waals surface area contributed by atoms with Gasteiger partial charge in [0.25, 0.3) is 5.91 Å². The first-order chi connectivity index (χ1) is 10.3. The normalized spacial score (nSPS) is 12.4. The largest absolute Gasteiger partial charge is 0.486 e. The molecule has 3 N–H and O–H groups in total. The Labute approximate surface area is 138 Å². The second-order valence-electron chi connectivity index (χ2n) is 4.48. The van der Waals surface area contributed by atoms with Gasteiger partial charge in [-0.2, -0.15) is 0 Å². The highest BCUT2D eigenvalue weighted by atomic mass is 35.5. The second kappa shape index (κ2) is 7.44. The van der Waals surface area contributed by atoms with Crippen molar-refractivity contribution in [1.82, 2.24) is 4.98 Å². The Bertz CT molecular complexity index is 663. The molecule has 6 nitrogen and oxygen atoms in total. The minimum absolute atomic E-state index is 0. The summed E-state index contributed by atoms with van der Waals surface area (Å²) < 4.78 is 10.9. The van der Waals surface area contributed by atoms with Crippen LogP contribution in [0.25, 0.3) is 0 Å². The summed E-state index contributed by atoms with van der Waals surface area (Å²) in [4.78, 5) is 16.4. The molecule has 0 spiro atoms. The van der Waals surface area contributed by atoms with Crippen molar-refractivity contribution in [1.29, 1.82) is 0 Å². The summed E-state index contributed by atoms with van der Waals surface area (Å²) in [5, 5.41) is 5.40. The van der Waals surface area contributed by atoms with Crippen LogP contribution in [-0.4, -0.2) is 30.6 Å². The predicted molar refractivity (Wildman–Crippen MR) is 87.5 cm³/mol. The quantitative estimate of drug-likeness (QED) is 0.889. The van der Waals surface area contributed by atoms with Crippen molar-refractivity contribution in [3.8, 4) is 11.5 Å². The smallest absolute Gasteiger partial charge is 0.275 e. The van der Waals surface area contributed by atoms with E-state index in [1.165, 1.54) is 11.3 Å². The van der Waals surface area contributed by atoms with Gasteiger partial charge in [-0.15, -0.1) is 23.7 Å².